The molecule has 0 unspecified atom stereocenters. The Morgan fingerprint density at radius 2 is 1.58 bits per heavy atom. The Hall–Kier alpha value is -2.53. The largest absolute Gasteiger partial charge is 0.235 e. The van der Waals surface area contributed by atoms with Crippen molar-refractivity contribution in [3.8, 4) is 10.6 Å². The molecule has 4 rings (SSSR count). The van der Waals surface area contributed by atoms with Gasteiger partial charge >= 0.3 is 0 Å². The summed E-state index contributed by atoms with van der Waals surface area (Å²) in [7, 11) is 0. The summed E-state index contributed by atoms with van der Waals surface area (Å²) in [4.78, 5) is 0.829. The van der Waals surface area contributed by atoms with Crippen LogP contribution in [0.25, 0.3) is 15.5 Å². The fourth-order valence-electron chi connectivity index (χ4n) is 3.27. The first-order valence-electron chi connectivity index (χ1n) is 8.74. The number of fused-ring (bicyclic) bond motifs is 1. The topological polar surface area (TPSA) is 43.1 Å². The van der Waals surface area contributed by atoms with Crippen LogP contribution in [0.4, 0.5) is 0 Å². The van der Waals surface area contributed by atoms with Gasteiger partial charge in [0.2, 0.25) is 4.96 Å². The highest BCUT2D eigenvalue weighted by atomic mass is 32.1. The van der Waals surface area contributed by atoms with Crippen LogP contribution in [0.3, 0.4) is 0 Å². The SMILES string of the molecule is Cc1cc(-c2nn3c(C(C)(C)c4ccccc4)nnc3s2)cc(C)c1C. The first kappa shape index (κ1) is 16.9. The molecule has 4 nitrogen and oxygen atoms in total. The van der Waals surface area contributed by atoms with Crippen LogP contribution in [-0.4, -0.2) is 19.8 Å². The number of aromatic nitrogens is 4. The van der Waals surface area contributed by atoms with Crippen molar-refractivity contribution >= 4 is 16.3 Å². The number of benzene rings is 2. The maximum atomic E-state index is 4.86. The predicted octanol–water partition coefficient (Wildman–Crippen LogP) is 5.10. The minimum absolute atomic E-state index is 0.273. The van der Waals surface area contributed by atoms with Gasteiger partial charge in [-0.25, -0.2) is 0 Å². The van der Waals surface area contributed by atoms with E-state index in [1.165, 1.54) is 22.3 Å². The van der Waals surface area contributed by atoms with Crippen molar-refractivity contribution in [2.24, 2.45) is 0 Å². The number of aryl methyl sites for hydroxylation is 2. The standard InChI is InChI=1S/C21H22N4S/c1-13-11-16(12-14(2)15(13)3)18-24-25-19(22-23-20(25)26-18)21(4,5)17-9-7-6-8-10-17/h6-12H,1-5H3. The minimum Gasteiger partial charge on any atom is -0.186 e. The summed E-state index contributed by atoms with van der Waals surface area (Å²) >= 11 is 1.58. The van der Waals surface area contributed by atoms with E-state index < -0.39 is 0 Å². The molecule has 0 fully saturated rings. The van der Waals surface area contributed by atoms with Gasteiger partial charge in [0.1, 0.15) is 5.01 Å². The normalized spacial score (nSPS) is 12.0. The molecule has 0 amide bonds. The number of nitrogens with zero attached hydrogens (tertiary/aromatic N) is 4. The maximum Gasteiger partial charge on any atom is 0.235 e. The lowest BCUT2D eigenvalue weighted by Gasteiger charge is -2.22. The summed E-state index contributed by atoms with van der Waals surface area (Å²) in [6, 6.07) is 14.8. The van der Waals surface area contributed by atoms with Gasteiger partial charge in [0, 0.05) is 5.56 Å². The van der Waals surface area contributed by atoms with E-state index in [1.807, 2.05) is 10.6 Å². The van der Waals surface area contributed by atoms with Crippen molar-refractivity contribution in [2.75, 3.05) is 0 Å². The average Bonchev–Trinajstić information content (AvgIpc) is 3.20. The second-order valence-electron chi connectivity index (χ2n) is 7.35. The molecule has 0 saturated heterocycles. The van der Waals surface area contributed by atoms with Crippen molar-refractivity contribution in [3.63, 3.8) is 0 Å². The number of hydrogen-bond donors (Lipinski definition) is 0. The lowest BCUT2D eigenvalue weighted by molar-refractivity contribution is 0.569. The van der Waals surface area contributed by atoms with Crippen LogP contribution < -0.4 is 0 Å². The first-order valence-corrected chi connectivity index (χ1v) is 9.56. The van der Waals surface area contributed by atoms with Gasteiger partial charge in [0.15, 0.2) is 5.82 Å². The molecule has 0 aliphatic heterocycles. The molecule has 0 bridgehead atoms. The zero-order valence-electron chi connectivity index (χ0n) is 15.7. The van der Waals surface area contributed by atoms with Crippen molar-refractivity contribution in [2.45, 2.75) is 40.0 Å². The third kappa shape index (κ3) is 2.63. The van der Waals surface area contributed by atoms with E-state index in [1.54, 1.807) is 11.3 Å². The van der Waals surface area contributed by atoms with Gasteiger partial charge in [-0.05, 0) is 69.0 Å². The first-order chi connectivity index (χ1) is 12.4. The zero-order valence-corrected chi connectivity index (χ0v) is 16.6. The lowest BCUT2D eigenvalue weighted by Crippen LogP contribution is -2.22. The highest BCUT2D eigenvalue weighted by molar-refractivity contribution is 7.19. The van der Waals surface area contributed by atoms with Gasteiger partial charge in [0.25, 0.3) is 0 Å². The van der Waals surface area contributed by atoms with E-state index in [-0.39, 0.29) is 5.41 Å². The lowest BCUT2D eigenvalue weighted by atomic mass is 9.84. The zero-order chi connectivity index (χ0) is 18.5. The second kappa shape index (κ2) is 6.02. The molecule has 5 heteroatoms. The van der Waals surface area contributed by atoms with Gasteiger partial charge in [-0.15, -0.1) is 10.2 Å². The molecule has 0 spiro atoms. The Morgan fingerprint density at radius 1 is 0.923 bits per heavy atom. The molecule has 2 heterocycles. The third-order valence-corrected chi connectivity index (χ3v) is 6.17. The van der Waals surface area contributed by atoms with Gasteiger partial charge < -0.3 is 0 Å². The molecule has 132 valence electrons. The van der Waals surface area contributed by atoms with Gasteiger partial charge in [-0.2, -0.15) is 9.61 Å². The molecular formula is C21H22N4S. The highest BCUT2D eigenvalue weighted by Gasteiger charge is 2.30. The minimum atomic E-state index is -0.273. The van der Waals surface area contributed by atoms with Crippen LogP contribution in [0.2, 0.25) is 0 Å². The van der Waals surface area contributed by atoms with E-state index >= 15 is 0 Å². The maximum absolute atomic E-state index is 4.86. The third-order valence-electron chi connectivity index (χ3n) is 5.22. The Bertz CT molecular complexity index is 1070. The molecule has 0 radical (unpaired) electrons. The van der Waals surface area contributed by atoms with E-state index in [0.29, 0.717) is 0 Å². The molecule has 0 aliphatic carbocycles. The second-order valence-corrected chi connectivity index (χ2v) is 8.31. The molecule has 26 heavy (non-hydrogen) atoms. The van der Waals surface area contributed by atoms with Crippen LogP contribution >= 0.6 is 11.3 Å². The van der Waals surface area contributed by atoms with Crippen LogP contribution in [0.5, 0.6) is 0 Å². The number of hydrogen-bond acceptors (Lipinski definition) is 4. The van der Waals surface area contributed by atoms with Crippen LogP contribution in [0, 0.1) is 20.8 Å². The van der Waals surface area contributed by atoms with Gasteiger partial charge in [-0.3, -0.25) is 0 Å². The Kier molecular flexibility index (Phi) is 3.92. The Labute approximate surface area is 157 Å². The smallest absolute Gasteiger partial charge is 0.186 e. The van der Waals surface area contributed by atoms with Crippen molar-refractivity contribution in [1.29, 1.82) is 0 Å². The molecule has 0 N–H and O–H groups in total. The fourth-order valence-corrected chi connectivity index (χ4v) is 4.09. The summed E-state index contributed by atoms with van der Waals surface area (Å²) in [5.74, 6) is 0.863. The van der Waals surface area contributed by atoms with Crippen molar-refractivity contribution in [1.82, 2.24) is 19.8 Å². The molecule has 0 atom stereocenters. The van der Waals surface area contributed by atoms with Crippen LogP contribution in [0.15, 0.2) is 42.5 Å². The van der Waals surface area contributed by atoms with Gasteiger partial charge in [-0.1, -0.05) is 41.7 Å². The Balaban J connectivity index is 1.84. The molecule has 2 aromatic heterocycles. The predicted molar refractivity (Wildman–Crippen MR) is 107 cm³/mol. The summed E-state index contributed by atoms with van der Waals surface area (Å²) in [5.41, 5.74) is 5.98. The van der Waals surface area contributed by atoms with E-state index in [4.69, 9.17) is 5.10 Å². The number of rotatable bonds is 3. The van der Waals surface area contributed by atoms with E-state index in [2.05, 4.69) is 81.2 Å². The summed E-state index contributed by atoms with van der Waals surface area (Å²) in [5, 5.41) is 14.7. The quantitative estimate of drug-likeness (QED) is 0.509. The molecule has 0 aliphatic rings. The van der Waals surface area contributed by atoms with Crippen LogP contribution in [0.1, 0.15) is 41.9 Å². The summed E-state index contributed by atoms with van der Waals surface area (Å²) < 4.78 is 1.90. The summed E-state index contributed by atoms with van der Waals surface area (Å²) in [6.07, 6.45) is 0. The van der Waals surface area contributed by atoms with E-state index in [0.717, 1.165) is 21.4 Å². The molecule has 4 aromatic rings. The molecule has 2 aromatic carbocycles. The van der Waals surface area contributed by atoms with Gasteiger partial charge in [0.05, 0.1) is 5.41 Å². The summed E-state index contributed by atoms with van der Waals surface area (Å²) in [6.45, 7) is 10.8. The van der Waals surface area contributed by atoms with Crippen molar-refractivity contribution < 1.29 is 0 Å². The monoisotopic (exact) mass is 362 g/mol. The highest BCUT2D eigenvalue weighted by Crippen LogP contribution is 2.33. The average molecular weight is 363 g/mol. The Morgan fingerprint density at radius 3 is 2.23 bits per heavy atom. The molecular weight excluding hydrogens is 340 g/mol. The molecule has 0 saturated carbocycles. The van der Waals surface area contributed by atoms with E-state index in [9.17, 15) is 0 Å². The fraction of sp³-hybridized carbons (Fsp3) is 0.286. The van der Waals surface area contributed by atoms with Crippen molar-refractivity contribution in [3.05, 3.63) is 70.5 Å². The van der Waals surface area contributed by atoms with Crippen LogP contribution in [-0.2, 0) is 5.41 Å².